The monoisotopic (exact) mass is 384 g/mol. The number of rotatable bonds is 4. The molecule has 0 radical (unpaired) electrons. The Labute approximate surface area is 158 Å². The fraction of sp³-hybridized carbons (Fsp3) is 0.0526. The van der Waals surface area contributed by atoms with Crippen LogP contribution in [0.3, 0.4) is 0 Å². The summed E-state index contributed by atoms with van der Waals surface area (Å²) in [6.07, 6.45) is 0. The molecule has 0 spiro atoms. The molecule has 0 bridgehead atoms. The Morgan fingerprint density at radius 1 is 0.852 bits per heavy atom. The van der Waals surface area contributed by atoms with Gasteiger partial charge in [0.05, 0.1) is 0 Å². The van der Waals surface area contributed by atoms with Gasteiger partial charge in [-0.2, -0.15) is 0 Å². The van der Waals surface area contributed by atoms with Gasteiger partial charge in [0, 0.05) is 16.9 Å². The molecule has 0 unspecified atom stereocenters. The number of amides is 2. The van der Waals surface area contributed by atoms with Gasteiger partial charge < -0.3 is 24.5 Å². The van der Waals surface area contributed by atoms with Gasteiger partial charge >= 0.3 is 0 Å². The Hall–Kier alpha value is -3.45. The Morgan fingerprint density at radius 2 is 1.59 bits per heavy atom. The molecule has 3 aromatic rings. The smallest absolute Gasteiger partial charge is 0.291 e. The quantitative estimate of drug-likeness (QED) is 0.704. The van der Waals surface area contributed by atoms with Crippen LogP contribution in [0.2, 0.25) is 5.22 Å². The van der Waals surface area contributed by atoms with Crippen LogP contribution in [0.1, 0.15) is 20.9 Å². The second kappa shape index (κ2) is 7.05. The van der Waals surface area contributed by atoms with E-state index in [1.165, 1.54) is 12.1 Å². The fourth-order valence-electron chi connectivity index (χ4n) is 2.54. The molecule has 1 aliphatic heterocycles. The summed E-state index contributed by atoms with van der Waals surface area (Å²) in [6.45, 7) is 0.142. The highest BCUT2D eigenvalue weighted by Crippen LogP contribution is 2.32. The molecule has 1 aliphatic rings. The maximum atomic E-state index is 12.4. The first-order valence-corrected chi connectivity index (χ1v) is 8.34. The van der Waals surface area contributed by atoms with E-state index in [9.17, 15) is 9.59 Å². The lowest BCUT2D eigenvalue weighted by Gasteiger charge is -2.09. The predicted octanol–water partition coefficient (Wildman–Crippen LogP) is 4.17. The summed E-state index contributed by atoms with van der Waals surface area (Å²) in [5.41, 5.74) is 1.45. The SMILES string of the molecule is O=C(Nc1cccc(NC(=O)c2ccc(Cl)o2)c1)c1ccc2c(c1)OCO2. The van der Waals surface area contributed by atoms with Crippen molar-refractivity contribution >= 4 is 34.8 Å². The van der Waals surface area contributed by atoms with Crippen molar-refractivity contribution in [1.29, 1.82) is 0 Å². The van der Waals surface area contributed by atoms with Crippen molar-refractivity contribution in [1.82, 2.24) is 0 Å². The number of benzene rings is 2. The first-order chi connectivity index (χ1) is 13.1. The van der Waals surface area contributed by atoms with E-state index in [2.05, 4.69) is 10.6 Å². The van der Waals surface area contributed by atoms with E-state index in [1.807, 2.05) is 0 Å². The average Bonchev–Trinajstić information content (AvgIpc) is 3.30. The van der Waals surface area contributed by atoms with Gasteiger partial charge in [0.2, 0.25) is 6.79 Å². The minimum absolute atomic E-state index is 0.0924. The number of carbonyl (C=O) groups is 2. The molecule has 8 heteroatoms. The van der Waals surface area contributed by atoms with E-state index >= 15 is 0 Å². The Bertz CT molecular complexity index is 1030. The number of furan rings is 1. The maximum Gasteiger partial charge on any atom is 0.291 e. The summed E-state index contributed by atoms with van der Waals surface area (Å²) in [7, 11) is 0. The third-order valence-corrected chi connectivity index (χ3v) is 4.01. The molecule has 1 aromatic heterocycles. The van der Waals surface area contributed by atoms with Gasteiger partial charge in [-0.15, -0.1) is 0 Å². The van der Waals surface area contributed by atoms with E-state index < -0.39 is 5.91 Å². The van der Waals surface area contributed by atoms with Crippen LogP contribution in [0.15, 0.2) is 59.0 Å². The highest BCUT2D eigenvalue weighted by Gasteiger charge is 2.16. The summed E-state index contributed by atoms with van der Waals surface area (Å²) < 4.78 is 15.6. The molecule has 0 atom stereocenters. The van der Waals surface area contributed by atoms with E-state index in [0.717, 1.165) is 0 Å². The minimum Gasteiger partial charge on any atom is -0.454 e. The number of hydrogen-bond acceptors (Lipinski definition) is 5. The molecule has 136 valence electrons. The van der Waals surface area contributed by atoms with Crippen LogP contribution in [-0.4, -0.2) is 18.6 Å². The van der Waals surface area contributed by atoms with Crippen LogP contribution in [-0.2, 0) is 0 Å². The molecule has 27 heavy (non-hydrogen) atoms. The molecule has 4 rings (SSSR count). The van der Waals surface area contributed by atoms with Gasteiger partial charge in [-0.25, -0.2) is 0 Å². The van der Waals surface area contributed by atoms with E-state index in [4.69, 9.17) is 25.5 Å². The molecule has 0 aliphatic carbocycles. The van der Waals surface area contributed by atoms with Crippen LogP contribution < -0.4 is 20.1 Å². The highest BCUT2D eigenvalue weighted by molar-refractivity contribution is 6.29. The zero-order valence-electron chi connectivity index (χ0n) is 13.8. The normalized spacial score (nSPS) is 11.9. The van der Waals surface area contributed by atoms with Crippen molar-refractivity contribution < 1.29 is 23.5 Å². The van der Waals surface area contributed by atoms with E-state index in [-0.39, 0.29) is 23.7 Å². The second-order valence-corrected chi connectivity index (χ2v) is 6.03. The molecule has 0 saturated heterocycles. The molecule has 2 N–H and O–H groups in total. The molecular weight excluding hydrogens is 372 g/mol. The second-order valence-electron chi connectivity index (χ2n) is 5.66. The number of carbonyl (C=O) groups excluding carboxylic acids is 2. The topological polar surface area (TPSA) is 89.8 Å². The van der Waals surface area contributed by atoms with Gasteiger partial charge in [0.1, 0.15) is 0 Å². The van der Waals surface area contributed by atoms with E-state index in [1.54, 1.807) is 42.5 Å². The number of nitrogens with one attached hydrogen (secondary N) is 2. The first kappa shape index (κ1) is 17.0. The molecule has 0 saturated carbocycles. The molecule has 2 heterocycles. The fourth-order valence-corrected chi connectivity index (χ4v) is 2.69. The van der Waals surface area contributed by atoms with Gasteiger partial charge in [0.15, 0.2) is 22.5 Å². The molecule has 2 amide bonds. The number of ether oxygens (including phenoxy) is 2. The summed E-state index contributed by atoms with van der Waals surface area (Å²) >= 11 is 5.67. The van der Waals surface area contributed by atoms with Crippen LogP contribution in [0.25, 0.3) is 0 Å². The van der Waals surface area contributed by atoms with Gasteiger partial charge in [-0.1, -0.05) is 6.07 Å². The van der Waals surface area contributed by atoms with Gasteiger partial charge in [0.25, 0.3) is 11.8 Å². The lowest BCUT2D eigenvalue weighted by atomic mass is 10.2. The standard InChI is InChI=1S/C19H13ClN2O5/c20-17-7-6-15(27-17)19(24)22-13-3-1-2-12(9-13)21-18(23)11-4-5-14-16(8-11)26-10-25-14/h1-9H,10H2,(H,21,23)(H,22,24). The number of halogens is 1. The highest BCUT2D eigenvalue weighted by atomic mass is 35.5. The van der Waals surface area contributed by atoms with E-state index in [0.29, 0.717) is 28.4 Å². The molecule has 0 fully saturated rings. The van der Waals surface area contributed by atoms with Crippen molar-refractivity contribution in [2.45, 2.75) is 0 Å². The maximum absolute atomic E-state index is 12.4. The Balaban J connectivity index is 1.46. The summed E-state index contributed by atoms with van der Waals surface area (Å²) in [5.74, 6) is 0.473. The predicted molar refractivity (Wildman–Crippen MR) is 98.6 cm³/mol. The number of anilines is 2. The summed E-state index contributed by atoms with van der Waals surface area (Å²) in [4.78, 5) is 24.6. The lowest BCUT2D eigenvalue weighted by molar-refractivity contribution is 0.0995. The third kappa shape index (κ3) is 3.73. The van der Waals surface area contributed by atoms with Crippen LogP contribution >= 0.6 is 11.6 Å². The van der Waals surface area contributed by atoms with Crippen LogP contribution in [0.4, 0.5) is 11.4 Å². The van der Waals surface area contributed by atoms with Crippen molar-refractivity contribution in [3.63, 3.8) is 0 Å². The van der Waals surface area contributed by atoms with Crippen molar-refractivity contribution in [2.75, 3.05) is 17.4 Å². The summed E-state index contributed by atoms with van der Waals surface area (Å²) in [6, 6.07) is 14.7. The zero-order chi connectivity index (χ0) is 18.8. The number of fused-ring (bicyclic) bond motifs is 1. The lowest BCUT2D eigenvalue weighted by Crippen LogP contribution is -2.13. The number of hydrogen-bond donors (Lipinski definition) is 2. The first-order valence-electron chi connectivity index (χ1n) is 7.96. The van der Waals surface area contributed by atoms with Crippen LogP contribution in [0.5, 0.6) is 11.5 Å². The van der Waals surface area contributed by atoms with Crippen molar-refractivity contribution in [3.8, 4) is 11.5 Å². The van der Waals surface area contributed by atoms with Gasteiger partial charge in [-0.05, 0) is 60.1 Å². The Kier molecular flexibility index (Phi) is 4.43. The molecule has 7 nitrogen and oxygen atoms in total. The largest absolute Gasteiger partial charge is 0.454 e. The van der Waals surface area contributed by atoms with Crippen molar-refractivity contribution in [2.24, 2.45) is 0 Å². The molecule has 2 aromatic carbocycles. The Morgan fingerprint density at radius 3 is 2.33 bits per heavy atom. The zero-order valence-corrected chi connectivity index (χ0v) is 14.6. The van der Waals surface area contributed by atoms with Crippen molar-refractivity contribution in [3.05, 3.63) is 71.1 Å². The minimum atomic E-state index is -0.443. The molecular formula is C19H13ClN2O5. The summed E-state index contributed by atoms with van der Waals surface area (Å²) in [5, 5.41) is 5.59. The average molecular weight is 385 g/mol. The van der Waals surface area contributed by atoms with Gasteiger partial charge in [-0.3, -0.25) is 9.59 Å². The third-order valence-electron chi connectivity index (χ3n) is 3.81. The van der Waals surface area contributed by atoms with Crippen LogP contribution in [0, 0.1) is 0 Å².